The lowest BCUT2D eigenvalue weighted by molar-refractivity contribution is -0.143. The molecule has 0 aromatic heterocycles. The molecule has 0 spiro atoms. The second-order valence-electron chi connectivity index (χ2n) is 11.9. The van der Waals surface area contributed by atoms with Crippen LogP contribution in [0.5, 0.6) is 0 Å². The summed E-state index contributed by atoms with van der Waals surface area (Å²) in [6.45, 7) is 11.2. The minimum absolute atomic E-state index is 0.0589. The number of halogens is 10. The van der Waals surface area contributed by atoms with Gasteiger partial charge in [-0.05, 0) is 95.8 Å². The molecular formula is C32H34F10N2S. The monoisotopic (exact) mass is 668 g/mol. The third kappa shape index (κ3) is 8.01. The zero-order valence-electron chi connectivity index (χ0n) is 25.2. The summed E-state index contributed by atoms with van der Waals surface area (Å²) in [6, 6.07) is 4.10. The molecule has 2 aliphatic heterocycles. The van der Waals surface area contributed by atoms with Crippen molar-refractivity contribution >= 4 is 17.5 Å². The first kappa shape index (κ1) is 35.2. The molecule has 0 aliphatic carbocycles. The molecule has 2 unspecified atom stereocenters. The van der Waals surface area contributed by atoms with Crippen molar-refractivity contribution in [3.63, 3.8) is 0 Å². The average Bonchev–Trinajstić information content (AvgIpc) is 3.19. The van der Waals surface area contributed by atoms with E-state index in [9.17, 15) is 43.9 Å². The number of likely N-dealkylation sites (tertiary alicyclic amines) is 1. The third-order valence-corrected chi connectivity index (χ3v) is 9.30. The zero-order chi connectivity index (χ0) is 33.6. The van der Waals surface area contributed by atoms with Gasteiger partial charge < -0.3 is 4.90 Å². The number of aryl methyl sites for hydroxylation is 1. The number of rotatable bonds is 7. The van der Waals surface area contributed by atoms with E-state index in [2.05, 4.69) is 6.58 Å². The molecule has 2 heterocycles. The van der Waals surface area contributed by atoms with Gasteiger partial charge in [0.25, 0.3) is 0 Å². The van der Waals surface area contributed by atoms with Crippen LogP contribution in [0.15, 0.2) is 48.2 Å². The van der Waals surface area contributed by atoms with Crippen molar-refractivity contribution < 1.29 is 43.9 Å². The Bertz CT molecular complexity index is 1420. The van der Waals surface area contributed by atoms with E-state index in [1.54, 1.807) is 17.9 Å². The molecule has 2 aliphatic rings. The highest BCUT2D eigenvalue weighted by Gasteiger charge is 2.41. The van der Waals surface area contributed by atoms with Gasteiger partial charge in [-0.3, -0.25) is 0 Å². The Labute approximate surface area is 260 Å². The molecule has 0 N–H and O–H groups in total. The van der Waals surface area contributed by atoms with Gasteiger partial charge in [-0.1, -0.05) is 27.4 Å². The lowest BCUT2D eigenvalue weighted by atomic mass is 9.86. The van der Waals surface area contributed by atoms with Crippen molar-refractivity contribution in [2.24, 2.45) is 0 Å². The lowest BCUT2D eigenvalue weighted by Gasteiger charge is -2.35. The molecule has 2 aromatic carbocycles. The highest BCUT2D eigenvalue weighted by molar-refractivity contribution is 7.97. The Morgan fingerprint density at radius 1 is 0.933 bits per heavy atom. The van der Waals surface area contributed by atoms with Crippen molar-refractivity contribution in [3.8, 4) is 0 Å². The Kier molecular flexibility index (Phi) is 10.0. The van der Waals surface area contributed by atoms with Gasteiger partial charge in [0.05, 0.1) is 11.1 Å². The molecular weight excluding hydrogens is 634 g/mol. The first-order chi connectivity index (χ1) is 20.7. The molecule has 1 saturated heterocycles. The summed E-state index contributed by atoms with van der Waals surface area (Å²) in [5, 5.41) is 0. The maximum atomic E-state index is 14.9. The lowest BCUT2D eigenvalue weighted by Crippen LogP contribution is -2.36. The van der Waals surface area contributed by atoms with E-state index in [1.165, 1.54) is 10.4 Å². The quantitative estimate of drug-likeness (QED) is 0.214. The van der Waals surface area contributed by atoms with Crippen molar-refractivity contribution in [1.29, 1.82) is 0 Å². The number of hydrogen-bond acceptors (Lipinski definition) is 3. The topological polar surface area (TPSA) is 6.48 Å². The van der Waals surface area contributed by atoms with Crippen molar-refractivity contribution in [2.75, 3.05) is 19.6 Å². The molecule has 0 amide bonds. The maximum absolute atomic E-state index is 14.9. The van der Waals surface area contributed by atoms with Crippen molar-refractivity contribution in [1.82, 2.24) is 9.21 Å². The van der Waals surface area contributed by atoms with E-state index in [-0.39, 0.29) is 67.8 Å². The van der Waals surface area contributed by atoms with Crippen LogP contribution in [0.3, 0.4) is 0 Å². The van der Waals surface area contributed by atoms with Gasteiger partial charge in [-0.25, -0.2) is 8.70 Å². The van der Waals surface area contributed by atoms with E-state index >= 15 is 0 Å². The summed E-state index contributed by atoms with van der Waals surface area (Å²) in [7, 11) is 0. The van der Waals surface area contributed by atoms with Crippen LogP contribution < -0.4 is 0 Å². The highest BCUT2D eigenvalue weighted by atomic mass is 32.2. The van der Waals surface area contributed by atoms with E-state index in [4.69, 9.17) is 0 Å². The molecule has 45 heavy (non-hydrogen) atoms. The van der Waals surface area contributed by atoms with Gasteiger partial charge in [0, 0.05) is 49.2 Å². The summed E-state index contributed by atoms with van der Waals surface area (Å²) in [4.78, 5) is 1.74. The van der Waals surface area contributed by atoms with Crippen LogP contribution in [0, 0.1) is 5.82 Å². The molecule has 0 bridgehead atoms. The van der Waals surface area contributed by atoms with E-state index in [0.29, 0.717) is 28.8 Å². The number of hydrogen-bond donors (Lipinski definition) is 0. The fraction of sp³-hybridized carbons (Fsp3) is 0.500. The zero-order valence-corrected chi connectivity index (χ0v) is 26.0. The molecule has 13 heteroatoms. The summed E-state index contributed by atoms with van der Waals surface area (Å²) in [5.41, 5.74) is -3.81. The van der Waals surface area contributed by atoms with Gasteiger partial charge in [0.1, 0.15) is 5.82 Å². The molecule has 4 rings (SSSR count). The van der Waals surface area contributed by atoms with Gasteiger partial charge in [0.15, 0.2) is 0 Å². The summed E-state index contributed by atoms with van der Waals surface area (Å²) in [6.07, 6.45) is -9.24. The normalized spacial score (nSPS) is 20.6. The first-order valence-corrected chi connectivity index (χ1v) is 15.2. The molecule has 2 nitrogen and oxygen atoms in total. The van der Waals surface area contributed by atoms with E-state index in [1.807, 2.05) is 20.8 Å². The van der Waals surface area contributed by atoms with Crippen molar-refractivity contribution in [2.45, 2.75) is 82.7 Å². The summed E-state index contributed by atoms with van der Waals surface area (Å²) in [5.74, 6) is -1.31. The van der Waals surface area contributed by atoms with Gasteiger partial charge >= 0.3 is 17.9 Å². The summed E-state index contributed by atoms with van der Waals surface area (Å²) >= 11 is -0.251. The SMILES string of the molecule is C=C1CC(c2cc(C(F)(F)F)cc(C(F)(F)F)c2)C(C)N1CC1=C(c2cc(C(C)C)c(F)cc2CC)CCN(SC(F)(F)F)C1. The Morgan fingerprint density at radius 3 is 2.04 bits per heavy atom. The smallest absolute Gasteiger partial charge is 0.368 e. The Hall–Kier alpha value is -2.67. The second kappa shape index (κ2) is 12.8. The first-order valence-electron chi connectivity index (χ1n) is 14.5. The van der Waals surface area contributed by atoms with Crippen LogP contribution in [-0.4, -0.2) is 40.4 Å². The second-order valence-corrected chi connectivity index (χ2v) is 13.0. The highest BCUT2D eigenvalue weighted by Crippen LogP contribution is 2.45. The molecule has 2 aromatic rings. The van der Waals surface area contributed by atoms with Crippen LogP contribution in [0.2, 0.25) is 0 Å². The fourth-order valence-electron chi connectivity index (χ4n) is 6.24. The average molecular weight is 669 g/mol. The maximum Gasteiger partial charge on any atom is 0.456 e. The van der Waals surface area contributed by atoms with Crippen LogP contribution in [0.25, 0.3) is 5.57 Å². The molecule has 1 fully saturated rings. The molecule has 2 atom stereocenters. The van der Waals surface area contributed by atoms with Gasteiger partial charge in [-0.2, -0.15) is 39.5 Å². The molecule has 248 valence electrons. The van der Waals surface area contributed by atoms with E-state index < -0.39 is 40.9 Å². The number of alkyl halides is 9. The standard InChI is InChI=1S/C32H34F10N2S/c1-6-20-12-29(33)26(17(2)3)14-28(20)25-7-8-43(45-32(40,41)42)15-22(25)16-44-18(4)9-27(19(44)5)21-10-23(30(34,35)36)13-24(11-21)31(37,38)39/h10-14,17,19,27H,4,6-9,15-16H2,1-3,5H3. The van der Waals surface area contributed by atoms with Crippen LogP contribution in [0.1, 0.15) is 85.8 Å². The van der Waals surface area contributed by atoms with Gasteiger partial charge in [-0.15, -0.1) is 0 Å². The van der Waals surface area contributed by atoms with Crippen LogP contribution in [-0.2, 0) is 18.8 Å². The van der Waals surface area contributed by atoms with Crippen molar-refractivity contribution in [3.05, 3.63) is 87.4 Å². The van der Waals surface area contributed by atoms with Crippen LogP contribution in [0.4, 0.5) is 43.9 Å². The molecule has 0 saturated carbocycles. The minimum Gasteiger partial charge on any atom is -0.368 e. The number of nitrogens with zero attached hydrogens (tertiary/aromatic N) is 2. The Morgan fingerprint density at radius 2 is 1.53 bits per heavy atom. The minimum atomic E-state index is -5.00. The number of allylic oxidation sites excluding steroid dienone is 1. The summed E-state index contributed by atoms with van der Waals surface area (Å²) < 4.78 is 138. The van der Waals surface area contributed by atoms with E-state index in [0.717, 1.165) is 23.3 Å². The van der Waals surface area contributed by atoms with Crippen LogP contribution >= 0.6 is 11.9 Å². The Balaban J connectivity index is 1.77. The molecule has 0 radical (unpaired) electrons. The predicted octanol–water partition coefficient (Wildman–Crippen LogP) is 10.6. The third-order valence-electron chi connectivity index (χ3n) is 8.52. The largest absolute Gasteiger partial charge is 0.456 e. The van der Waals surface area contributed by atoms with Gasteiger partial charge in [0.2, 0.25) is 0 Å². The number of benzene rings is 2. The fourth-order valence-corrected chi connectivity index (χ4v) is 6.94. The predicted molar refractivity (Wildman–Crippen MR) is 156 cm³/mol.